The molecule has 0 aromatic rings. The molecule has 54 valence electrons. The fraction of sp³-hybridized carbons (Fsp3) is 1.00. The third-order valence-electron chi connectivity index (χ3n) is 2.07. The van der Waals surface area contributed by atoms with Gasteiger partial charge in [-0.25, -0.2) is 0 Å². The van der Waals surface area contributed by atoms with E-state index in [0.29, 0.717) is 3.92 Å². The van der Waals surface area contributed by atoms with Crippen molar-refractivity contribution >= 4 is 22.6 Å². The van der Waals surface area contributed by atoms with Gasteiger partial charge in [0.1, 0.15) is 0 Å². The van der Waals surface area contributed by atoms with E-state index in [-0.39, 0.29) is 5.60 Å². The first kappa shape index (κ1) is 7.79. The molecule has 0 spiro atoms. The lowest BCUT2D eigenvalue weighted by Crippen LogP contribution is -2.37. The summed E-state index contributed by atoms with van der Waals surface area (Å²) in [6.07, 6.45) is 4.67. The molecule has 0 heterocycles. The Morgan fingerprint density at radius 1 is 1.56 bits per heavy atom. The van der Waals surface area contributed by atoms with Crippen molar-refractivity contribution in [3.05, 3.63) is 0 Å². The summed E-state index contributed by atoms with van der Waals surface area (Å²) in [5, 5.41) is 9.64. The van der Waals surface area contributed by atoms with Gasteiger partial charge in [0.15, 0.2) is 0 Å². The van der Waals surface area contributed by atoms with Crippen molar-refractivity contribution in [2.45, 2.75) is 42.1 Å². The number of alkyl halides is 1. The van der Waals surface area contributed by atoms with Crippen LogP contribution in [0.5, 0.6) is 0 Å². The lowest BCUT2D eigenvalue weighted by molar-refractivity contribution is 0.0341. The molecule has 2 atom stereocenters. The van der Waals surface area contributed by atoms with Crippen LogP contribution < -0.4 is 0 Å². The highest BCUT2D eigenvalue weighted by Gasteiger charge is 2.31. The number of hydrogen-bond donors (Lipinski definition) is 1. The lowest BCUT2D eigenvalue weighted by Gasteiger charge is -2.33. The molecule has 0 amide bonds. The fourth-order valence-corrected chi connectivity index (χ4v) is 2.03. The van der Waals surface area contributed by atoms with E-state index in [9.17, 15) is 5.11 Å². The number of halogens is 1. The minimum absolute atomic E-state index is 0.376. The maximum Gasteiger partial charge on any atom is 0.0736 e. The zero-order chi connectivity index (χ0) is 6.91. The third kappa shape index (κ3) is 1.80. The minimum atomic E-state index is -0.376. The van der Waals surface area contributed by atoms with Crippen LogP contribution in [0.2, 0.25) is 0 Å². The maximum absolute atomic E-state index is 9.64. The second-order valence-electron chi connectivity index (χ2n) is 3.07. The summed E-state index contributed by atoms with van der Waals surface area (Å²) >= 11 is 2.35. The number of hydrogen-bond acceptors (Lipinski definition) is 1. The standard InChI is InChI=1S/C7H13IO/c1-7(9)5-3-2-4-6(7)8/h6,9H,2-5H2,1H3. The lowest BCUT2D eigenvalue weighted by atomic mass is 9.87. The van der Waals surface area contributed by atoms with Gasteiger partial charge in [0.05, 0.1) is 5.60 Å². The van der Waals surface area contributed by atoms with Crippen LogP contribution in [-0.2, 0) is 0 Å². The van der Waals surface area contributed by atoms with E-state index in [0.717, 1.165) is 6.42 Å². The quantitative estimate of drug-likeness (QED) is 0.508. The molecule has 1 aliphatic rings. The summed E-state index contributed by atoms with van der Waals surface area (Å²) in [5.74, 6) is 0. The third-order valence-corrected chi connectivity index (χ3v) is 4.03. The van der Waals surface area contributed by atoms with E-state index in [1.165, 1.54) is 19.3 Å². The fourth-order valence-electron chi connectivity index (χ4n) is 1.27. The molecule has 0 bridgehead atoms. The van der Waals surface area contributed by atoms with E-state index in [2.05, 4.69) is 22.6 Å². The predicted molar refractivity (Wildman–Crippen MR) is 46.9 cm³/mol. The second kappa shape index (κ2) is 2.74. The molecule has 9 heavy (non-hydrogen) atoms. The number of aliphatic hydroxyl groups is 1. The molecule has 1 saturated carbocycles. The van der Waals surface area contributed by atoms with Gasteiger partial charge >= 0.3 is 0 Å². The van der Waals surface area contributed by atoms with Crippen LogP contribution >= 0.6 is 22.6 Å². The summed E-state index contributed by atoms with van der Waals surface area (Å²) in [4.78, 5) is 0. The Labute approximate surface area is 70.0 Å². The van der Waals surface area contributed by atoms with Crippen LogP contribution in [0.1, 0.15) is 32.6 Å². The molecule has 2 heteroatoms. The van der Waals surface area contributed by atoms with E-state index in [1.54, 1.807) is 0 Å². The summed E-state index contributed by atoms with van der Waals surface area (Å²) in [7, 11) is 0. The van der Waals surface area contributed by atoms with Gasteiger partial charge in [0.25, 0.3) is 0 Å². The molecule has 1 fully saturated rings. The molecule has 1 rings (SSSR count). The molecule has 1 nitrogen and oxygen atoms in total. The minimum Gasteiger partial charge on any atom is -0.389 e. The summed E-state index contributed by atoms with van der Waals surface area (Å²) in [5.41, 5.74) is -0.376. The zero-order valence-corrected chi connectivity index (χ0v) is 7.89. The Hall–Kier alpha value is 0.690. The smallest absolute Gasteiger partial charge is 0.0736 e. The monoisotopic (exact) mass is 240 g/mol. The molecule has 0 aromatic carbocycles. The molecule has 0 aromatic heterocycles. The van der Waals surface area contributed by atoms with Crippen molar-refractivity contribution in [2.75, 3.05) is 0 Å². The van der Waals surface area contributed by atoms with Gasteiger partial charge in [-0.2, -0.15) is 0 Å². The van der Waals surface area contributed by atoms with Crippen molar-refractivity contribution < 1.29 is 5.11 Å². The van der Waals surface area contributed by atoms with Gasteiger partial charge in [-0.05, 0) is 19.8 Å². The Bertz CT molecular complexity index is 101. The molecule has 2 unspecified atom stereocenters. The first-order valence-corrected chi connectivity index (χ1v) is 4.74. The average molecular weight is 240 g/mol. The molecule has 0 radical (unpaired) electrons. The molecule has 1 N–H and O–H groups in total. The van der Waals surface area contributed by atoms with E-state index >= 15 is 0 Å². The van der Waals surface area contributed by atoms with Crippen LogP contribution in [0.15, 0.2) is 0 Å². The van der Waals surface area contributed by atoms with Crippen molar-refractivity contribution in [1.29, 1.82) is 0 Å². The highest BCUT2D eigenvalue weighted by atomic mass is 127. The molecule has 0 saturated heterocycles. The topological polar surface area (TPSA) is 20.2 Å². The van der Waals surface area contributed by atoms with E-state index in [4.69, 9.17) is 0 Å². The SMILES string of the molecule is CC1(O)CCCCC1I. The second-order valence-corrected chi connectivity index (χ2v) is 4.57. The van der Waals surface area contributed by atoms with Crippen molar-refractivity contribution in [3.63, 3.8) is 0 Å². The predicted octanol–water partition coefficient (Wildman–Crippen LogP) is 2.12. The van der Waals surface area contributed by atoms with Gasteiger partial charge in [0.2, 0.25) is 0 Å². The summed E-state index contributed by atoms with van der Waals surface area (Å²) in [6, 6.07) is 0. The first-order valence-electron chi connectivity index (χ1n) is 3.49. The van der Waals surface area contributed by atoms with Crippen LogP contribution in [0, 0.1) is 0 Å². The highest BCUT2D eigenvalue weighted by molar-refractivity contribution is 14.1. The van der Waals surface area contributed by atoms with Gasteiger partial charge in [0, 0.05) is 3.92 Å². The average Bonchev–Trinajstić information content (AvgIpc) is 1.77. The Morgan fingerprint density at radius 2 is 2.22 bits per heavy atom. The Balaban J connectivity index is 2.49. The van der Waals surface area contributed by atoms with Crippen molar-refractivity contribution in [2.24, 2.45) is 0 Å². The Morgan fingerprint density at radius 3 is 2.56 bits per heavy atom. The number of rotatable bonds is 0. The largest absolute Gasteiger partial charge is 0.389 e. The van der Waals surface area contributed by atoms with Gasteiger partial charge in [-0.15, -0.1) is 0 Å². The van der Waals surface area contributed by atoms with Crippen molar-refractivity contribution in [3.8, 4) is 0 Å². The molecular weight excluding hydrogens is 227 g/mol. The van der Waals surface area contributed by atoms with Gasteiger partial charge in [-0.1, -0.05) is 35.4 Å². The van der Waals surface area contributed by atoms with Crippen LogP contribution in [0.25, 0.3) is 0 Å². The van der Waals surface area contributed by atoms with Gasteiger partial charge < -0.3 is 5.11 Å². The molecular formula is C7H13IO. The van der Waals surface area contributed by atoms with E-state index in [1.807, 2.05) is 6.92 Å². The normalized spacial score (nSPS) is 45.0. The maximum atomic E-state index is 9.64. The first-order chi connectivity index (χ1) is 4.13. The van der Waals surface area contributed by atoms with Crippen LogP contribution in [0.4, 0.5) is 0 Å². The molecule has 1 aliphatic carbocycles. The van der Waals surface area contributed by atoms with Crippen LogP contribution in [0.3, 0.4) is 0 Å². The summed E-state index contributed by atoms with van der Waals surface area (Å²) < 4.78 is 0.476. The zero-order valence-electron chi connectivity index (χ0n) is 5.73. The molecule has 0 aliphatic heterocycles. The van der Waals surface area contributed by atoms with Crippen LogP contribution in [-0.4, -0.2) is 14.6 Å². The summed E-state index contributed by atoms with van der Waals surface area (Å²) in [6.45, 7) is 1.95. The van der Waals surface area contributed by atoms with Crippen molar-refractivity contribution in [1.82, 2.24) is 0 Å². The van der Waals surface area contributed by atoms with Gasteiger partial charge in [-0.3, -0.25) is 0 Å². The van der Waals surface area contributed by atoms with E-state index < -0.39 is 0 Å². The Kier molecular flexibility index (Phi) is 2.37. The highest BCUT2D eigenvalue weighted by Crippen LogP contribution is 2.33.